The Balaban J connectivity index is 2.59. The van der Waals surface area contributed by atoms with E-state index in [-0.39, 0.29) is 21.6 Å². The summed E-state index contributed by atoms with van der Waals surface area (Å²) in [6.07, 6.45) is 0. The smallest absolute Gasteiger partial charge is 0.197 e. The Morgan fingerprint density at radius 1 is 1.30 bits per heavy atom. The Hall–Kier alpha value is -1.88. The zero-order valence-corrected chi connectivity index (χ0v) is 12.6. The molecule has 0 atom stereocenters. The van der Waals surface area contributed by atoms with Gasteiger partial charge >= 0.3 is 0 Å². The van der Waals surface area contributed by atoms with Crippen molar-refractivity contribution >= 4 is 27.4 Å². The molecule has 0 aromatic heterocycles. The molecule has 0 saturated heterocycles. The summed E-state index contributed by atoms with van der Waals surface area (Å²) >= 11 is 3.08. The summed E-state index contributed by atoms with van der Waals surface area (Å²) < 4.78 is 18.8. The predicted octanol–water partition coefficient (Wildman–Crippen LogP) is 3.72. The summed E-state index contributed by atoms with van der Waals surface area (Å²) in [4.78, 5) is 12.6. The molecule has 20 heavy (non-hydrogen) atoms. The van der Waals surface area contributed by atoms with E-state index in [1.54, 1.807) is 25.1 Å². The van der Waals surface area contributed by atoms with E-state index in [1.807, 2.05) is 0 Å². The van der Waals surface area contributed by atoms with Crippen LogP contribution < -0.4 is 10.5 Å². The molecule has 0 saturated carbocycles. The quantitative estimate of drug-likeness (QED) is 0.686. The van der Waals surface area contributed by atoms with E-state index in [0.717, 1.165) is 0 Å². The summed E-state index contributed by atoms with van der Waals surface area (Å²) in [5.74, 6) is -0.549. The van der Waals surface area contributed by atoms with Gasteiger partial charge in [0.25, 0.3) is 0 Å². The van der Waals surface area contributed by atoms with Gasteiger partial charge in [0, 0.05) is 17.3 Å². The molecule has 3 nitrogen and oxygen atoms in total. The maximum absolute atomic E-state index is 13.5. The molecule has 0 bridgehead atoms. The highest BCUT2D eigenvalue weighted by molar-refractivity contribution is 9.10. The summed E-state index contributed by atoms with van der Waals surface area (Å²) in [7, 11) is 1.39. The summed E-state index contributed by atoms with van der Waals surface area (Å²) in [5.41, 5.74) is 7.80. The minimum absolute atomic E-state index is 0.192. The first-order valence-electron chi connectivity index (χ1n) is 5.88. The van der Waals surface area contributed by atoms with Gasteiger partial charge in [0.1, 0.15) is 11.6 Å². The van der Waals surface area contributed by atoms with Crippen LogP contribution in [0.25, 0.3) is 0 Å². The number of hydrogen-bond acceptors (Lipinski definition) is 3. The Morgan fingerprint density at radius 2 is 2.00 bits per heavy atom. The molecule has 2 N–H and O–H groups in total. The van der Waals surface area contributed by atoms with Crippen molar-refractivity contribution in [2.75, 3.05) is 12.8 Å². The van der Waals surface area contributed by atoms with E-state index in [0.29, 0.717) is 16.8 Å². The second-order valence-electron chi connectivity index (χ2n) is 4.32. The number of hydrogen-bond donors (Lipinski definition) is 1. The number of ketones is 1. The molecule has 5 heteroatoms. The van der Waals surface area contributed by atoms with Crippen molar-refractivity contribution in [3.8, 4) is 5.75 Å². The lowest BCUT2D eigenvalue weighted by Gasteiger charge is -2.11. The average Bonchev–Trinajstić information content (AvgIpc) is 2.43. The van der Waals surface area contributed by atoms with Gasteiger partial charge in [0.2, 0.25) is 0 Å². The van der Waals surface area contributed by atoms with E-state index in [2.05, 4.69) is 15.9 Å². The number of carbonyl (C=O) groups is 1. The van der Waals surface area contributed by atoms with Gasteiger partial charge in [0.05, 0.1) is 17.1 Å². The second kappa shape index (κ2) is 5.63. The summed E-state index contributed by atoms with van der Waals surface area (Å²) in [6, 6.07) is 7.72. The summed E-state index contributed by atoms with van der Waals surface area (Å²) in [6.45, 7) is 1.77. The molecule has 0 unspecified atom stereocenters. The zero-order chi connectivity index (χ0) is 14.9. The van der Waals surface area contributed by atoms with Gasteiger partial charge in [-0.15, -0.1) is 0 Å². The molecule has 0 aliphatic rings. The number of nitrogens with two attached hydrogens (primary N) is 1. The molecule has 2 rings (SSSR count). The number of ether oxygens (including phenoxy) is 1. The van der Waals surface area contributed by atoms with Gasteiger partial charge in [-0.1, -0.05) is 12.1 Å². The van der Waals surface area contributed by atoms with Gasteiger partial charge in [0.15, 0.2) is 5.78 Å². The maximum Gasteiger partial charge on any atom is 0.197 e. The number of halogens is 2. The molecule has 0 aliphatic heterocycles. The van der Waals surface area contributed by atoms with Crippen molar-refractivity contribution in [2.45, 2.75) is 6.92 Å². The van der Waals surface area contributed by atoms with Crippen LogP contribution in [0.4, 0.5) is 10.1 Å². The lowest BCUT2D eigenvalue weighted by Crippen LogP contribution is -2.08. The number of rotatable bonds is 3. The maximum atomic E-state index is 13.5. The van der Waals surface area contributed by atoms with E-state index in [1.165, 1.54) is 19.2 Å². The molecule has 0 heterocycles. The third kappa shape index (κ3) is 2.54. The summed E-state index contributed by atoms with van der Waals surface area (Å²) in [5, 5.41) is 0. The average molecular weight is 338 g/mol. The van der Waals surface area contributed by atoms with Crippen molar-refractivity contribution < 1.29 is 13.9 Å². The fourth-order valence-electron chi connectivity index (χ4n) is 1.92. The number of nitrogen functional groups attached to an aromatic ring is 1. The van der Waals surface area contributed by atoms with E-state index in [4.69, 9.17) is 10.5 Å². The minimum Gasteiger partial charge on any atom is -0.496 e. The van der Waals surface area contributed by atoms with Crippen LogP contribution in [-0.4, -0.2) is 12.9 Å². The Bertz CT molecular complexity index is 686. The zero-order valence-electron chi connectivity index (χ0n) is 11.0. The highest BCUT2D eigenvalue weighted by atomic mass is 79.9. The highest BCUT2D eigenvalue weighted by Crippen LogP contribution is 2.29. The molecular weight excluding hydrogens is 325 g/mol. The SMILES string of the molecule is COc1cc(F)c(Br)cc1C(=O)c1cccc(N)c1C. The topological polar surface area (TPSA) is 52.3 Å². The highest BCUT2D eigenvalue weighted by Gasteiger charge is 2.19. The molecule has 2 aromatic carbocycles. The monoisotopic (exact) mass is 337 g/mol. The minimum atomic E-state index is -0.484. The molecule has 0 radical (unpaired) electrons. The number of methoxy groups -OCH3 is 1. The van der Waals surface area contributed by atoms with Crippen molar-refractivity contribution in [1.82, 2.24) is 0 Å². The number of carbonyl (C=O) groups excluding carboxylic acids is 1. The van der Waals surface area contributed by atoms with Crippen molar-refractivity contribution in [3.63, 3.8) is 0 Å². The normalized spacial score (nSPS) is 10.4. The fraction of sp³-hybridized carbons (Fsp3) is 0.133. The largest absolute Gasteiger partial charge is 0.496 e. The van der Waals surface area contributed by atoms with Gasteiger partial charge in [-0.3, -0.25) is 4.79 Å². The lowest BCUT2D eigenvalue weighted by molar-refractivity contribution is 0.103. The van der Waals surface area contributed by atoms with Crippen LogP contribution in [-0.2, 0) is 0 Å². The van der Waals surface area contributed by atoms with Crippen LogP contribution in [0.2, 0.25) is 0 Å². The first-order valence-corrected chi connectivity index (χ1v) is 6.67. The molecular formula is C15H13BrFNO2. The van der Waals surface area contributed by atoms with Gasteiger partial charge in [-0.05, 0) is 40.5 Å². The van der Waals surface area contributed by atoms with Crippen LogP contribution in [0.3, 0.4) is 0 Å². The fourth-order valence-corrected chi connectivity index (χ4v) is 2.26. The van der Waals surface area contributed by atoms with Crippen LogP contribution in [0.15, 0.2) is 34.8 Å². The first-order chi connectivity index (χ1) is 9.45. The van der Waals surface area contributed by atoms with E-state index in [9.17, 15) is 9.18 Å². The second-order valence-corrected chi connectivity index (χ2v) is 5.17. The number of anilines is 1. The van der Waals surface area contributed by atoms with Crippen LogP contribution in [0.5, 0.6) is 5.75 Å². The standard InChI is InChI=1S/C15H13BrFNO2/c1-8-9(4-3-5-13(8)18)15(19)10-6-11(16)12(17)7-14(10)20-2/h3-7H,18H2,1-2H3. The van der Waals surface area contributed by atoms with Crippen LogP contribution in [0, 0.1) is 12.7 Å². The van der Waals surface area contributed by atoms with E-state index < -0.39 is 5.82 Å². The molecule has 0 fully saturated rings. The molecule has 104 valence electrons. The Morgan fingerprint density at radius 3 is 2.65 bits per heavy atom. The third-order valence-corrected chi connectivity index (χ3v) is 3.72. The van der Waals surface area contributed by atoms with Gasteiger partial charge < -0.3 is 10.5 Å². The van der Waals surface area contributed by atoms with Crippen LogP contribution >= 0.6 is 15.9 Å². The molecule has 2 aromatic rings. The van der Waals surface area contributed by atoms with E-state index >= 15 is 0 Å². The van der Waals surface area contributed by atoms with Crippen molar-refractivity contribution in [1.29, 1.82) is 0 Å². The van der Waals surface area contributed by atoms with Crippen LogP contribution in [0.1, 0.15) is 21.5 Å². The molecule has 0 amide bonds. The number of benzene rings is 2. The first kappa shape index (κ1) is 14.5. The Kier molecular flexibility index (Phi) is 4.09. The molecule has 0 aliphatic carbocycles. The predicted molar refractivity (Wildman–Crippen MR) is 79.7 cm³/mol. The van der Waals surface area contributed by atoms with Crippen molar-refractivity contribution in [2.24, 2.45) is 0 Å². The lowest BCUT2D eigenvalue weighted by atomic mass is 9.97. The molecule has 0 spiro atoms. The van der Waals surface area contributed by atoms with Gasteiger partial charge in [-0.25, -0.2) is 4.39 Å². The van der Waals surface area contributed by atoms with Gasteiger partial charge in [-0.2, -0.15) is 0 Å². The Labute approximate surface area is 124 Å². The van der Waals surface area contributed by atoms with Crippen molar-refractivity contribution in [3.05, 3.63) is 57.3 Å². The third-order valence-electron chi connectivity index (χ3n) is 3.11.